The molecule has 0 radical (unpaired) electrons. The minimum absolute atomic E-state index is 0.0776. The van der Waals surface area contributed by atoms with E-state index in [0.29, 0.717) is 5.41 Å². The molecule has 0 aliphatic heterocycles. The van der Waals surface area contributed by atoms with Crippen molar-refractivity contribution in [1.29, 1.82) is 0 Å². The van der Waals surface area contributed by atoms with Gasteiger partial charge in [-0.25, -0.2) is 0 Å². The molecule has 1 nitrogen and oxygen atoms in total. The van der Waals surface area contributed by atoms with Gasteiger partial charge in [-0.3, -0.25) is 0 Å². The number of nitrogens with zero attached hydrogens (tertiary/aromatic N) is 1. The zero-order chi connectivity index (χ0) is 35.1. The standard InChI is InChI=1S/C50H57N/c1-45(2)22-24-47(5,6)43-35(45)17-12-20-38(43)51(39-21-13-18-36-44(39)48(7,8)25-23-46(36,3)4)37-19-11-15-33-32-14-9-10-16-34(32)50(42(33)37)40-27-30-26-31-28-41(50)49(31,40)29-30/h9-21,30-31,40-41H,22-29H2,1-8H3. The zero-order valence-corrected chi connectivity index (χ0v) is 32.4. The summed E-state index contributed by atoms with van der Waals surface area (Å²) in [4.78, 5) is 2.87. The monoisotopic (exact) mass is 671 g/mol. The van der Waals surface area contributed by atoms with Crippen LogP contribution in [-0.2, 0) is 27.1 Å². The van der Waals surface area contributed by atoms with Gasteiger partial charge in [0.25, 0.3) is 0 Å². The second-order valence-electron chi connectivity index (χ2n) is 21.1. The fraction of sp³-hybridized carbons (Fsp3) is 0.520. The highest BCUT2D eigenvalue weighted by Gasteiger charge is 2.85. The maximum atomic E-state index is 2.87. The van der Waals surface area contributed by atoms with E-state index < -0.39 is 0 Å². The van der Waals surface area contributed by atoms with Gasteiger partial charge in [-0.1, -0.05) is 116 Å². The molecule has 4 fully saturated rings. The molecule has 51 heavy (non-hydrogen) atoms. The first-order valence-electron chi connectivity index (χ1n) is 20.5. The number of fused-ring (bicyclic) bond motifs is 10. The van der Waals surface area contributed by atoms with Gasteiger partial charge < -0.3 is 4.90 Å². The SMILES string of the molecule is CC1(C)CCC(C)(C)c2c(N(c3cccc4c3C(C)(C)CCC4(C)C)c3cccc4c3C3(c5ccccc5-4)C4CC5CC6CC3C64C5)cccc21. The van der Waals surface area contributed by atoms with Gasteiger partial charge in [0.2, 0.25) is 0 Å². The van der Waals surface area contributed by atoms with Crippen LogP contribution in [0.25, 0.3) is 11.1 Å². The largest absolute Gasteiger partial charge is 0.310 e. The first-order chi connectivity index (χ1) is 24.2. The van der Waals surface area contributed by atoms with Gasteiger partial charge in [0.1, 0.15) is 0 Å². The lowest BCUT2D eigenvalue weighted by Crippen LogP contribution is -2.73. The van der Waals surface area contributed by atoms with E-state index in [4.69, 9.17) is 0 Å². The average Bonchev–Trinajstić information content (AvgIpc) is 3.73. The Labute approximate surface area is 307 Å². The van der Waals surface area contributed by atoms with Gasteiger partial charge in [-0.15, -0.1) is 0 Å². The molecule has 4 saturated carbocycles. The molecule has 4 aromatic rings. The van der Waals surface area contributed by atoms with Crippen molar-refractivity contribution in [3.05, 3.63) is 112 Å². The van der Waals surface area contributed by atoms with E-state index in [-0.39, 0.29) is 27.1 Å². The highest BCUT2D eigenvalue weighted by molar-refractivity contribution is 5.94. The lowest BCUT2D eigenvalue weighted by atomic mass is 9.26. The second kappa shape index (κ2) is 9.42. The summed E-state index contributed by atoms with van der Waals surface area (Å²) in [5, 5.41) is 0. The van der Waals surface area contributed by atoms with Crippen LogP contribution < -0.4 is 4.90 Å². The summed E-state index contributed by atoms with van der Waals surface area (Å²) in [5.74, 6) is 3.47. The summed E-state index contributed by atoms with van der Waals surface area (Å²) in [7, 11) is 0. The van der Waals surface area contributed by atoms with E-state index in [1.54, 1.807) is 33.4 Å². The van der Waals surface area contributed by atoms with Crippen molar-refractivity contribution in [2.24, 2.45) is 29.1 Å². The minimum Gasteiger partial charge on any atom is -0.310 e. The van der Waals surface area contributed by atoms with Crippen LogP contribution in [-0.4, -0.2) is 0 Å². The van der Waals surface area contributed by atoms with Crippen molar-refractivity contribution in [2.75, 3.05) is 4.90 Å². The van der Waals surface area contributed by atoms with E-state index >= 15 is 0 Å². The maximum Gasteiger partial charge on any atom is 0.0509 e. The third kappa shape index (κ3) is 3.52. The van der Waals surface area contributed by atoms with Gasteiger partial charge in [0, 0.05) is 5.41 Å². The normalized spacial score (nSPS) is 34.0. The van der Waals surface area contributed by atoms with Crippen LogP contribution in [0.1, 0.15) is 140 Å². The lowest BCUT2D eigenvalue weighted by Gasteiger charge is -2.76. The van der Waals surface area contributed by atoms with Crippen LogP contribution in [0.5, 0.6) is 0 Å². The second-order valence-corrected chi connectivity index (χ2v) is 21.1. The summed E-state index contributed by atoms with van der Waals surface area (Å²) >= 11 is 0. The van der Waals surface area contributed by atoms with Crippen molar-refractivity contribution in [3.8, 4) is 11.1 Å². The molecule has 11 rings (SSSR count). The molecule has 1 heteroatoms. The van der Waals surface area contributed by atoms with E-state index in [0.717, 1.165) is 23.7 Å². The zero-order valence-electron chi connectivity index (χ0n) is 32.4. The highest BCUT2D eigenvalue weighted by atomic mass is 15.2. The number of anilines is 3. The molecule has 0 heterocycles. The molecule has 2 spiro atoms. The Balaban J connectivity index is 1.25. The summed E-state index contributed by atoms with van der Waals surface area (Å²) in [6, 6.07) is 31.9. The maximum absolute atomic E-state index is 2.87. The topological polar surface area (TPSA) is 3.24 Å². The van der Waals surface area contributed by atoms with Crippen molar-refractivity contribution in [2.45, 2.75) is 134 Å². The van der Waals surface area contributed by atoms with Crippen molar-refractivity contribution < 1.29 is 0 Å². The van der Waals surface area contributed by atoms with E-state index in [2.05, 4.69) is 139 Å². The quantitative estimate of drug-likeness (QED) is 0.209. The molecule has 2 bridgehead atoms. The molecule has 0 N–H and O–H groups in total. The Morgan fingerprint density at radius 1 is 0.471 bits per heavy atom. The molecule has 7 aliphatic carbocycles. The molecular weight excluding hydrogens is 615 g/mol. The molecule has 0 aromatic heterocycles. The van der Waals surface area contributed by atoms with E-state index in [9.17, 15) is 0 Å². The molecule has 0 amide bonds. The minimum atomic E-state index is 0.0776. The molecule has 0 saturated heterocycles. The van der Waals surface area contributed by atoms with Gasteiger partial charge in [0.05, 0.1) is 17.1 Å². The predicted molar refractivity (Wildman–Crippen MR) is 213 cm³/mol. The van der Waals surface area contributed by atoms with Crippen LogP contribution in [0, 0.1) is 29.1 Å². The van der Waals surface area contributed by atoms with Crippen LogP contribution in [0.3, 0.4) is 0 Å². The van der Waals surface area contributed by atoms with Gasteiger partial charge in [-0.05, 0) is 165 Å². The van der Waals surface area contributed by atoms with Crippen molar-refractivity contribution >= 4 is 17.1 Å². The van der Waals surface area contributed by atoms with Crippen LogP contribution in [0.4, 0.5) is 17.1 Å². The smallest absolute Gasteiger partial charge is 0.0509 e. The van der Waals surface area contributed by atoms with E-state index in [1.807, 2.05) is 0 Å². The van der Waals surface area contributed by atoms with Gasteiger partial charge in [0.15, 0.2) is 0 Å². The first-order valence-corrected chi connectivity index (χ1v) is 20.5. The number of hydrogen-bond acceptors (Lipinski definition) is 1. The fourth-order valence-corrected chi connectivity index (χ4v) is 14.7. The Morgan fingerprint density at radius 3 is 1.57 bits per heavy atom. The molecule has 6 atom stereocenters. The Bertz CT molecular complexity index is 2100. The molecule has 6 unspecified atom stereocenters. The summed E-state index contributed by atoms with van der Waals surface area (Å²) < 4.78 is 0. The Morgan fingerprint density at radius 2 is 0.961 bits per heavy atom. The van der Waals surface area contributed by atoms with Gasteiger partial charge in [-0.2, -0.15) is 0 Å². The molecule has 4 aromatic carbocycles. The average molecular weight is 672 g/mol. The number of hydrogen-bond donors (Lipinski definition) is 0. The third-order valence-corrected chi connectivity index (χ3v) is 17.0. The third-order valence-electron chi connectivity index (χ3n) is 17.0. The molecule has 7 aliphatic rings. The van der Waals surface area contributed by atoms with Gasteiger partial charge >= 0.3 is 0 Å². The van der Waals surface area contributed by atoms with E-state index in [1.165, 1.54) is 79.6 Å². The number of rotatable bonds is 3. The first kappa shape index (κ1) is 31.2. The van der Waals surface area contributed by atoms with Crippen molar-refractivity contribution in [1.82, 2.24) is 0 Å². The molecular formula is C50H57N. The molecule has 262 valence electrons. The summed E-state index contributed by atoms with van der Waals surface area (Å²) in [5.41, 5.74) is 18.1. The Hall–Kier alpha value is -3.32. The summed E-state index contributed by atoms with van der Waals surface area (Å²) in [6.45, 7) is 20.1. The van der Waals surface area contributed by atoms with Crippen molar-refractivity contribution in [3.63, 3.8) is 0 Å². The van der Waals surface area contributed by atoms with Crippen LogP contribution in [0.15, 0.2) is 78.9 Å². The predicted octanol–water partition coefficient (Wildman–Crippen LogP) is 13.2. The number of benzene rings is 4. The Kier molecular flexibility index (Phi) is 5.77. The highest BCUT2D eigenvalue weighted by Crippen LogP contribution is 2.90. The van der Waals surface area contributed by atoms with Crippen LogP contribution >= 0.6 is 0 Å². The fourth-order valence-electron chi connectivity index (χ4n) is 14.7. The lowest BCUT2D eigenvalue weighted by molar-refractivity contribution is -0.231. The summed E-state index contributed by atoms with van der Waals surface area (Å²) in [6.07, 6.45) is 10.7. The van der Waals surface area contributed by atoms with Crippen LogP contribution in [0.2, 0.25) is 0 Å².